The Morgan fingerprint density at radius 3 is 2.21 bits per heavy atom. The van der Waals surface area contributed by atoms with Gasteiger partial charge in [0.05, 0.1) is 5.69 Å². The lowest BCUT2D eigenvalue weighted by atomic mass is 10.0. The molecule has 0 fully saturated rings. The molecule has 1 amide bonds. The van der Waals surface area contributed by atoms with E-state index in [9.17, 15) is 9.59 Å². The van der Waals surface area contributed by atoms with Gasteiger partial charge < -0.3 is 10.1 Å². The van der Waals surface area contributed by atoms with Gasteiger partial charge in [-0.25, -0.2) is 0 Å². The van der Waals surface area contributed by atoms with Crippen LogP contribution in [0.25, 0.3) is 0 Å². The minimum absolute atomic E-state index is 0.232. The van der Waals surface area contributed by atoms with E-state index in [1.54, 1.807) is 67.6 Å². The number of hydrogen-bond acceptors (Lipinski definition) is 3. The van der Waals surface area contributed by atoms with Crippen LogP contribution in [0.15, 0.2) is 72.8 Å². The van der Waals surface area contributed by atoms with Crippen molar-refractivity contribution in [2.24, 2.45) is 0 Å². The van der Waals surface area contributed by atoms with Crippen LogP contribution in [0.3, 0.4) is 0 Å². The van der Waals surface area contributed by atoms with Gasteiger partial charge >= 0.3 is 0 Å². The molecule has 0 aliphatic heterocycles. The summed E-state index contributed by atoms with van der Waals surface area (Å²) in [5.41, 5.74) is 1.19. The fourth-order valence-electron chi connectivity index (χ4n) is 2.56. The molecule has 0 bridgehead atoms. The van der Waals surface area contributed by atoms with Crippen molar-refractivity contribution in [2.45, 2.75) is 13.0 Å². The second-order valence-electron chi connectivity index (χ2n) is 6.09. The lowest BCUT2D eigenvalue weighted by molar-refractivity contribution is -0.122. The normalized spacial score (nSPS) is 11.5. The second-order valence-corrected chi connectivity index (χ2v) is 6.96. The minimum atomic E-state index is -0.781. The molecule has 0 saturated heterocycles. The molecule has 28 heavy (non-hydrogen) atoms. The Balaban J connectivity index is 1.79. The van der Waals surface area contributed by atoms with Crippen molar-refractivity contribution in [3.8, 4) is 5.75 Å². The van der Waals surface area contributed by atoms with Crippen molar-refractivity contribution >= 4 is 40.6 Å². The number of anilines is 1. The van der Waals surface area contributed by atoms with Crippen LogP contribution in [0.5, 0.6) is 5.75 Å². The van der Waals surface area contributed by atoms with Crippen molar-refractivity contribution < 1.29 is 14.3 Å². The van der Waals surface area contributed by atoms with E-state index >= 15 is 0 Å². The number of halogens is 2. The third-order valence-corrected chi connectivity index (χ3v) is 4.50. The third-order valence-electron chi connectivity index (χ3n) is 4.02. The summed E-state index contributed by atoms with van der Waals surface area (Å²) in [5.74, 6) is -0.104. The third kappa shape index (κ3) is 4.91. The molecule has 3 rings (SSSR count). The summed E-state index contributed by atoms with van der Waals surface area (Å²) in [7, 11) is 0. The molecule has 0 heterocycles. The number of rotatable bonds is 6. The highest BCUT2D eigenvalue weighted by Crippen LogP contribution is 2.24. The van der Waals surface area contributed by atoms with Gasteiger partial charge in [0.1, 0.15) is 5.75 Å². The molecule has 1 atom stereocenters. The van der Waals surface area contributed by atoms with Crippen LogP contribution < -0.4 is 10.1 Å². The summed E-state index contributed by atoms with van der Waals surface area (Å²) in [5, 5.41) is 3.73. The van der Waals surface area contributed by atoms with Crippen molar-refractivity contribution in [1.29, 1.82) is 0 Å². The Morgan fingerprint density at radius 2 is 1.54 bits per heavy atom. The van der Waals surface area contributed by atoms with E-state index in [1.807, 2.05) is 6.07 Å². The first kappa shape index (κ1) is 19.9. The summed E-state index contributed by atoms with van der Waals surface area (Å²) in [4.78, 5) is 25.4. The maximum Gasteiger partial charge on any atom is 0.265 e. The Hall–Kier alpha value is -2.82. The lowest BCUT2D eigenvalue weighted by Crippen LogP contribution is -2.30. The van der Waals surface area contributed by atoms with Crippen molar-refractivity contribution in [3.05, 3.63) is 94.0 Å². The average molecular weight is 414 g/mol. The van der Waals surface area contributed by atoms with E-state index in [0.717, 1.165) is 0 Å². The molecule has 0 aliphatic rings. The Bertz CT molecular complexity index is 988. The number of nitrogens with one attached hydrogen (secondary N) is 1. The van der Waals surface area contributed by atoms with Gasteiger partial charge in [0.15, 0.2) is 11.9 Å². The summed E-state index contributed by atoms with van der Waals surface area (Å²) in [6, 6.07) is 20.3. The fourth-order valence-corrected chi connectivity index (χ4v) is 2.86. The maximum atomic E-state index is 12.8. The molecule has 3 aromatic carbocycles. The zero-order valence-corrected chi connectivity index (χ0v) is 16.5. The minimum Gasteiger partial charge on any atom is -0.481 e. The Kier molecular flexibility index (Phi) is 6.34. The lowest BCUT2D eigenvalue weighted by Gasteiger charge is -2.16. The molecule has 142 valence electrons. The maximum absolute atomic E-state index is 12.8. The molecule has 0 spiro atoms. The summed E-state index contributed by atoms with van der Waals surface area (Å²) in [6.07, 6.45) is -0.781. The van der Waals surface area contributed by atoms with Crippen LogP contribution in [0, 0.1) is 0 Å². The Morgan fingerprint density at radius 1 is 0.893 bits per heavy atom. The van der Waals surface area contributed by atoms with Gasteiger partial charge in [0, 0.05) is 21.2 Å². The number of carbonyl (C=O) groups is 2. The summed E-state index contributed by atoms with van der Waals surface area (Å²) < 4.78 is 5.63. The highest BCUT2D eigenvalue weighted by molar-refractivity contribution is 6.31. The van der Waals surface area contributed by atoms with E-state index in [-0.39, 0.29) is 11.7 Å². The zero-order valence-electron chi connectivity index (χ0n) is 15.0. The van der Waals surface area contributed by atoms with Gasteiger partial charge in [-0.3, -0.25) is 9.59 Å². The first-order valence-corrected chi connectivity index (χ1v) is 9.32. The smallest absolute Gasteiger partial charge is 0.265 e. The van der Waals surface area contributed by atoms with Crippen LogP contribution in [-0.4, -0.2) is 17.8 Å². The number of hydrogen-bond donors (Lipinski definition) is 1. The molecule has 0 saturated carbocycles. The van der Waals surface area contributed by atoms with Gasteiger partial charge in [-0.05, 0) is 49.4 Å². The van der Waals surface area contributed by atoms with Crippen molar-refractivity contribution in [3.63, 3.8) is 0 Å². The van der Waals surface area contributed by atoms with Gasteiger partial charge in [-0.2, -0.15) is 0 Å². The van der Waals surface area contributed by atoms with Gasteiger partial charge in [0.25, 0.3) is 5.91 Å². The zero-order chi connectivity index (χ0) is 20.1. The largest absolute Gasteiger partial charge is 0.481 e. The van der Waals surface area contributed by atoms with Gasteiger partial charge in [-0.1, -0.05) is 53.5 Å². The molecule has 1 N–H and O–H groups in total. The molecule has 4 nitrogen and oxygen atoms in total. The molecule has 1 unspecified atom stereocenters. The molecule has 0 radical (unpaired) electrons. The van der Waals surface area contributed by atoms with Crippen molar-refractivity contribution in [2.75, 3.05) is 5.32 Å². The van der Waals surface area contributed by atoms with Gasteiger partial charge in [-0.15, -0.1) is 0 Å². The summed E-state index contributed by atoms with van der Waals surface area (Å²) >= 11 is 11.9. The highest BCUT2D eigenvalue weighted by atomic mass is 35.5. The molecule has 0 aromatic heterocycles. The standard InChI is InChI=1S/C22H17Cl2NO3/c1-14(28-18-10-7-16(23)8-11-18)22(27)25-20-12-9-17(24)13-19(20)21(26)15-5-3-2-4-6-15/h2-14H,1H3,(H,25,27). The van der Waals surface area contributed by atoms with Gasteiger partial charge in [0.2, 0.25) is 0 Å². The van der Waals surface area contributed by atoms with E-state index in [4.69, 9.17) is 27.9 Å². The monoisotopic (exact) mass is 413 g/mol. The van der Waals surface area contributed by atoms with E-state index in [1.165, 1.54) is 6.07 Å². The average Bonchev–Trinajstić information content (AvgIpc) is 2.71. The van der Waals surface area contributed by atoms with Crippen LogP contribution >= 0.6 is 23.2 Å². The molecule has 6 heteroatoms. The summed E-state index contributed by atoms with van der Waals surface area (Å²) in [6.45, 7) is 1.62. The highest BCUT2D eigenvalue weighted by Gasteiger charge is 2.20. The fraction of sp³-hybridized carbons (Fsp3) is 0.0909. The predicted octanol–water partition coefficient (Wildman–Crippen LogP) is 5.63. The van der Waals surface area contributed by atoms with Crippen molar-refractivity contribution in [1.82, 2.24) is 0 Å². The second kappa shape index (κ2) is 8.91. The number of ketones is 1. The topological polar surface area (TPSA) is 55.4 Å². The molecule has 0 aliphatic carbocycles. The number of benzene rings is 3. The first-order valence-electron chi connectivity index (χ1n) is 8.56. The Labute approximate surface area is 173 Å². The van der Waals surface area contributed by atoms with Crippen LogP contribution in [0.4, 0.5) is 5.69 Å². The van der Waals surface area contributed by atoms with E-state index in [2.05, 4.69) is 5.32 Å². The van der Waals surface area contributed by atoms with Crippen LogP contribution in [-0.2, 0) is 4.79 Å². The molecular formula is C22H17Cl2NO3. The predicted molar refractivity (Wildman–Crippen MR) is 111 cm³/mol. The molecule has 3 aromatic rings. The number of ether oxygens (including phenoxy) is 1. The SMILES string of the molecule is CC(Oc1ccc(Cl)cc1)C(=O)Nc1ccc(Cl)cc1C(=O)c1ccccc1. The van der Waals surface area contributed by atoms with E-state index < -0.39 is 6.10 Å². The van der Waals surface area contributed by atoms with Crippen LogP contribution in [0.2, 0.25) is 10.0 Å². The molecular weight excluding hydrogens is 397 g/mol. The van der Waals surface area contributed by atoms with E-state index in [0.29, 0.717) is 32.6 Å². The number of carbonyl (C=O) groups excluding carboxylic acids is 2. The van der Waals surface area contributed by atoms with Crippen LogP contribution in [0.1, 0.15) is 22.8 Å². The quantitative estimate of drug-likeness (QED) is 0.532. The number of amides is 1. The first-order chi connectivity index (χ1) is 13.4.